The van der Waals surface area contributed by atoms with Gasteiger partial charge in [0.05, 0.1) is 39.2 Å². The number of hydrogen-bond acceptors (Lipinski definition) is 16. The van der Waals surface area contributed by atoms with E-state index in [0.717, 1.165) is 0 Å². The topological polar surface area (TPSA) is 142 Å². The lowest BCUT2D eigenvalue weighted by Crippen LogP contribution is -2.11. The van der Waals surface area contributed by atoms with Crippen molar-refractivity contribution in [3.63, 3.8) is 0 Å². The monoisotopic (exact) mass is 840 g/mol. The highest BCUT2D eigenvalue weighted by atomic mass is 32.2. The standard InChI is InChI=1S/C40H40O12S4/c1-5-33(41)45-21-49-37-25-13-9-14-26(37)54-28-16-11-18-30(39(28)51-23-47-35(43)7-3)56-32-20-12-19-31(40(32)52-24-48-36(44)8-4)55-29-17-10-15-27(53-25)38(29)50-22-46-34(42)6-2/h9-20H,5-8,21-24H2,1-4H3. The number of rotatable bonds is 16. The van der Waals surface area contributed by atoms with Crippen LogP contribution in [0.5, 0.6) is 23.0 Å². The summed E-state index contributed by atoms with van der Waals surface area (Å²) in [6.07, 6.45) is 0.729. The van der Waals surface area contributed by atoms with Crippen molar-refractivity contribution in [2.45, 2.75) is 92.5 Å². The van der Waals surface area contributed by atoms with Crippen LogP contribution in [-0.4, -0.2) is 51.0 Å². The highest BCUT2D eigenvalue weighted by Crippen LogP contribution is 2.53. The molecule has 0 radical (unpaired) electrons. The molecule has 0 unspecified atom stereocenters. The molecule has 4 aromatic carbocycles. The number of fused-ring (bicyclic) bond motifs is 8. The summed E-state index contributed by atoms with van der Waals surface area (Å²) in [4.78, 5) is 53.7. The van der Waals surface area contributed by atoms with E-state index in [-0.39, 0.29) is 52.9 Å². The molecule has 0 amide bonds. The zero-order chi connectivity index (χ0) is 39.9. The van der Waals surface area contributed by atoms with E-state index in [4.69, 9.17) is 37.9 Å². The second kappa shape index (κ2) is 21.6. The molecule has 0 spiro atoms. The van der Waals surface area contributed by atoms with Crippen LogP contribution < -0.4 is 18.9 Å². The normalized spacial score (nSPS) is 11.8. The summed E-state index contributed by atoms with van der Waals surface area (Å²) in [7, 11) is 0. The number of carbonyl (C=O) groups is 4. The molecule has 1 heterocycles. The molecule has 16 heteroatoms. The first-order valence-electron chi connectivity index (χ1n) is 17.6. The number of para-hydroxylation sites is 4. The van der Waals surface area contributed by atoms with Crippen LogP contribution in [0.1, 0.15) is 53.4 Å². The molecule has 296 valence electrons. The Morgan fingerprint density at radius 3 is 0.696 bits per heavy atom. The van der Waals surface area contributed by atoms with Crippen molar-refractivity contribution in [2.75, 3.05) is 27.2 Å². The van der Waals surface area contributed by atoms with Gasteiger partial charge in [0.2, 0.25) is 27.2 Å². The van der Waals surface area contributed by atoms with Crippen LogP contribution in [0.25, 0.3) is 0 Å². The van der Waals surface area contributed by atoms with Gasteiger partial charge >= 0.3 is 23.9 Å². The molecule has 0 fully saturated rings. The van der Waals surface area contributed by atoms with Gasteiger partial charge in [-0.1, -0.05) is 99.0 Å². The summed E-state index contributed by atoms with van der Waals surface area (Å²) in [5, 5.41) is 0. The quantitative estimate of drug-likeness (QED) is 0.0528. The summed E-state index contributed by atoms with van der Waals surface area (Å²) >= 11 is 5.37. The highest BCUT2D eigenvalue weighted by Gasteiger charge is 2.24. The number of esters is 4. The summed E-state index contributed by atoms with van der Waals surface area (Å²) in [5.41, 5.74) is 0. The average molecular weight is 841 g/mol. The zero-order valence-electron chi connectivity index (χ0n) is 31.1. The largest absolute Gasteiger partial charge is 0.455 e. The molecular formula is C40H40O12S4. The maximum atomic E-state index is 12.1. The van der Waals surface area contributed by atoms with Crippen molar-refractivity contribution in [1.29, 1.82) is 0 Å². The maximum Gasteiger partial charge on any atom is 0.308 e. The Morgan fingerprint density at radius 2 is 0.536 bits per heavy atom. The van der Waals surface area contributed by atoms with Crippen molar-refractivity contribution in [1.82, 2.24) is 0 Å². The Balaban J connectivity index is 1.69. The lowest BCUT2D eigenvalue weighted by molar-refractivity contribution is -0.150. The third-order valence-corrected chi connectivity index (χ3v) is 11.8. The van der Waals surface area contributed by atoms with Crippen LogP contribution >= 0.6 is 47.0 Å². The van der Waals surface area contributed by atoms with Gasteiger partial charge in [0.15, 0.2) is 23.0 Å². The maximum absolute atomic E-state index is 12.1. The van der Waals surface area contributed by atoms with Gasteiger partial charge in [0, 0.05) is 25.7 Å². The van der Waals surface area contributed by atoms with E-state index >= 15 is 0 Å². The second-order valence-corrected chi connectivity index (χ2v) is 15.6. The third kappa shape index (κ3) is 11.7. The predicted octanol–water partition coefficient (Wildman–Crippen LogP) is 9.76. The second-order valence-electron chi connectivity index (χ2n) is 11.3. The Kier molecular flexibility index (Phi) is 16.4. The van der Waals surface area contributed by atoms with Gasteiger partial charge in [-0.05, 0) is 48.5 Å². The smallest absolute Gasteiger partial charge is 0.308 e. The fourth-order valence-electron chi connectivity index (χ4n) is 4.69. The Morgan fingerprint density at radius 1 is 0.357 bits per heavy atom. The summed E-state index contributed by atoms with van der Waals surface area (Å²) < 4.78 is 46.2. The van der Waals surface area contributed by atoms with E-state index in [0.29, 0.717) is 62.2 Å². The molecule has 5 rings (SSSR count). The first-order chi connectivity index (χ1) is 27.2. The molecule has 0 saturated carbocycles. The molecule has 1 aliphatic rings. The van der Waals surface area contributed by atoms with Crippen molar-refractivity contribution in [3.05, 3.63) is 72.8 Å². The van der Waals surface area contributed by atoms with E-state index in [2.05, 4.69) is 0 Å². The van der Waals surface area contributed by atoms with Crippen LogP contribution in [0.3, 0.4) is 0 Å². The summed E-state index contributed by atoms with van der Waals surface area (Å²) in [6.45, 7) is 5.46. The summed E-state index contributed by atoms with van der Waals surface area (Å²) in [6, 6.07) is 22.5. The van der Waals surface area contributed by atoms with Gasteiger partial charge in [0.1, 0.15) is 0 Å². The molecule has 4 aromatic rings. The lowest BCUT2D eigenvalue weighted by Gasteiger charge is -2.21. The molecular weight excluding hydrogens is 801 g/mol. The number of ether oxygens (including phenoxy) is 8. The van der Waals surface area contributed by atoms with Gasteiger partial charge in [-0.3, -0.25) is 19.2 Å². The Labute approximate surface area is 341 Å². The minimum atomic E-state index is -0.419. The van der Waals surface area contributed by atoms with Crippen LogP contribution in [0.15, 0.2) is 112 Å². The minimum Gasteiger partial charge on any atom is -0.455 e. The molecule has 8 bridgehead atoms. The van der Waals surface area contributed by atoms with Crippen molar-refractivity contribution in [2.24, 2.45) is 0 Å². The SMILES string of the molecule is CCC(=O)OCOc1c2cccc1Sc1cccc(c1OCOC(=O)CC)Sc1cccc(c1OCOC(=O)CC)Sc1cccc(c1OCOC(=O)CC)S2. The van der Waals surface area contributed by atoms with E-state index in [1.165, 1.54) is 47.0 Å². The molecule has 0 aliphatic carbocycles. The van der Waals surface area contributed by atoms with Crippen molar-refractivity contribution >= 4 is 70.9 Å². The molecule has 0 saturated heterocycles. The highest BCUT2D eigenvalue weighted by molar-refractivity contribution is 8.01. The fourth-order valence-corrected chi connectivity index (χ4v) is 9.16. The Hall–Kier alpha value is -4.64. The molecule has 56 heavy (non-hydrogen) atoms. The third-order valence-electron chi connectivity index (χ3n) is 7.50. The first kappa shape index (κ1) is 42.5. The molecule has 1 aliphatic heterocycles. The van der Waals surface area contributed by atoms with E-state index in [1.807, 2.05) is 72.8 Å². The van der Waals surface area contributed by atoms with Crippen LogP contribution in [-0.2, 0) is 38.1 Å². The van der Waals surface area contributed by atoms with Crippen LogP contribution in [0.4, 0.5) is 0 Å². The summed E-state index contributed by atoms with van der Waals surface area (Å²) in [5.74, 6) is 0.0623. The average Bonchev–Trinajstić information content (AvgIpc) is 3.20. The van der Waals surface area contributed by atoms with Gasteiger partial charge < -0.3 is 37.9 Å². The number of hydrogen-bond donors (Lipinski definition) is 0. The molecule has 12 nitrogen and oxygen atoms in total. The van der Waals surface area contributed by atoms with Gasteiger partial charge in [-0.25, -0.2) is 0 Å². The van der Waals surface area contributed by atoms with E-state index in [9.17, 15) is 19.2 Å². The van der Waals surface area contributed by atoms with Gasteiger partial charge in [-0.15, -0.1) is 0 Å². The first-order valence-corrected chi connectivity index (χ1v) is 20.9. The lowest BCUT2D eigenvalue weighted by atomic mass is 10.3. The molecule has 0 aromatic heterocycles. The molecule has 0 N–H and O–H groups in total. The number of benzene rings is 4. The number of carbonyl (C=O) groups excluding carboxylic acids is 4. The Bertz CT molecular complexity index is 1650. The van der Waals surface area contributed by atoms with Crippen LogP contribution in [0.2, 0.25) is 0 Å². The van der Waals surface area contributed by atoms with Gasteiger partial charge in [-0.2, -0.15) is 0 Å². The van der Waals surface area contributed by atoms with E-state index in [1.54, 1.807) is 27.7 Å². The van der Waals surface area contributed by atoms with E-state index < -0.39 is 23.9 Å². The van der Waals surface area contributed by atoms with Crippen molar-refractivity contribution in [3.8, 4) is 23.0 Å². The predicted molar refractivity (Wildman–Crippen MR) is 210 cm³/mol. The fraction of sp³-hybridized carbons (Fsp3) is 0.300. The van der Waals surface area contributed by atoms with Crippen LogP contribution in [0, 0.1) is 0 Å². The zero-order valence-corrected chi connectivity index (χ0v) is 34.4. The molecule has 0 atom stereocenters. The van der Waals surface area contributed by atoms with Gasteiger partial charge in [0.25, 0.3) is 0 Å². The van der Waals surface area contributed by atoms with Crippen molar-refractivity contribution < 1.29 is 57.1 Å². The minimum absolute atomic E-state index is 0.182.